The molecule has 0 unspecified atom stereocenters. The second-order valence-electron chi connectivity index (χ2n) is 5.94. The summed E-state index contributed by atoms with van der Waals surface area (Å²) in [5.41, 5.74) is 1.67. The zero-order valence-electron chi connectivity index (χ0n) is 13.9. The van der Waals surface area contributed by atoms with Crippen LogP contribution >= 0.6 is 0 Å². The second kappa shape index (κ2) is 8.14. The van der Waals surface area contributed by atoms with Gasteiger partial charge in [0.15, 0.2) is 11.5 Å². The van der Waals surface area contributed by atoms with Crippen molar-refractivity contribution in [3.05, 3.63) is 72.2 Å². The van der Waals surface area contributed by atoms with Gasteiger partial charge in [-0.1, -0.05) is 55.3 Å². The summed E-state index contributed by atoms with van der Waals surface area (Å²) >= 11 is 0. The number of ether oxygens (including phenoxy) is 2. The zero-order chi connectivity index (χ0) is 16.6. The molecule has 0 fully saturated rings. The van der Waals surface area contributed by atoms with E-state index in [0.29, 0.717) is 23.7 Å². The van der Waals surface area contributed by atoms with Gasteiger partial charge in [-0.2, -0.15) is 0 Å². The monoisotopic (exact) mass is 296 g/mol. The Morgan fingerprint density at radius 1 is 1.18 bits per heavy atom. The molecule has 0 aromatic heterocycles. The number of hydrogen-bond acceptors (Lipinski definition) is 2. The van der Waals surface area contributed by atoms with Gasteiger partial charge in [0.05, 0.1) is 7.11 Å². The van der Waals surface area contributed by atoms with Gasteiger partial charge in [-0.3, -0.25) is 0 Å². The summed E-state index contributed by atoms with van der Waals surface area (Å²) in [7, 11) is 1.56. The normalized spacial score (nSPS) is 11.2. The molecule has 2 heteroatoms. The molecule has 0 radical (unpaired) electrons. The highest BCUT2D eigenvalue weighted by molar-refractivity contribution is 5.40. The van der Waals surface area contributed by atoms with Gasteiger partial charge in [-0.25, -0.2) is 0 Å². The molecule has 0 heterocycles. The fourth-order valence-corrected chi connectivity index (χ4v) is 1.50. The Morgan fingerprint density at radius 3 is 2.36 bits per heavy atom. The summed E-state index contributed by atoms with van der Waals surface area (Å²) in [5, 5.41) is 0. The van der Waals surface area contributed by atoms with Crippen LogP contribution in [0.15, 0.2) is 66.7 Å². The lowest BCUT2D eigenvalue weighted by Gasteiger charge is -2.12. The SMILES string of the molecule is C=C(C#CC(C)(C)C)C=C(OCc1ccccc1)C(=C)OC. The summed E-state index contributed by atoms with van der Waals surface area (Å²) in [6.07, 6.45) is 1.76. The van der Waals surface area contributed by atoms with E-state index in [-0.39, 0.29) is 5.41 Å². The van der Waals surface area contributed by atoms with Crippen molar-refractivity contribution < 1.29 is 9.47 Å². The van der Waals surface area contributed by atoms with Gasteiger partial charge < -0.3 is 9.47 Å². The maximum absolute atomic E-state index is 5.79. The average molecular weight is 296 g/mol. The molecule has 1 aromatic rings. The summed E-state index contributed by atoms with van der Waals surface area (Å²) in [6, 6.07) is 9.92. The van der Waals surface area contributed by atoms with Crippen molar-refractivity contribution in [2.75, 3.05) is 7.11 Å². The van der Waals surface area contributed by atoms with Crippen LogP contribution in [0.5, 0.6) is 0 Å². The van der Waals surface area contributed by atoms with E-state index in [0.717, 1.165) is 5.56 Å². The third kappa shape index (κ3) is 6.85. The van der Waals surface area contributed by atoms with Crippen molar-refractivity contribution in [3.63, 3.8) is 0 Å². The predicted octanol–water partition coefficient (Wildman–Crippen LogP) is 4.85. The predicted molar refractivity (Wildman–Crippen MR) is 91.8 cm³/mol. The lowest BCUT2D eigenvalue weighted by Crippen LogP contribution is -2.00. The van der Waals surface area contributed by atoms with E-state index in [9.17, 15) is 0 Å². The first-order valence-corrected chi connectivity index (χ1v) is 7.15. The summed E-state index contributed by atoms with van der Waals surface area (Å²) < 4.78 is 11.0. The quantitative estimate of drug-likeness (QED) is 0.424. The number of methoxy groups -OCH3 is 1. The van der Waals surface area contributed by atoms with Gasteiger partial charge in [0, 0.05) is 11.0 Å². The van der Waals surface area contributed by atoms with Crippen molar-refractivity contribution in [3.8, 4) is 11.8 Å². The van der Waals surface area contributed by atoms with Gasteiger partial charge in [-0.05, 0) is 32.4 Å². The molecule has 0 bridgehead atoms. The standard InChI is InChI=1S/C20H24O2/c1-16(12-13-20(3,4)5)14-19(17(2)21-6)22-15-18-10-8-7-9-11-18/h7-11,14H,1-2,15H2,3-6H3. The third-order valence-electron chi connectivity index (χ3n) is 2.66. The first-order valence-electron chi connectivity index (χ1n) is 7.15. The Kier molecular flexibility index (Phi) is 6.53. The van der Waals surface area contributed by atoms with Crippen LogP contribution in [0.2, 0.25) is 0 Å². The van der Waals surface area contributed by atoms with Gasteiger partial charge in [0.1, 0.15) is 6.61 Å². The fraction of sp³-hybridized carbons (Fsp3) is 0.300. The van der Waals surface area contributed by atoms with Crippen molar-refractivity contribution in [1.82, 2.24) is 0 Å². The van der Waals surface area contributed by atoms with Crippen molar-refractivity contribution in [2.45, 2.75) is 27.4 Å². The fourth-order valence-electron chi connectivity index (χ4n) is 1.50. The van der Waals surface area contributed by atoms with E-state index in [4.69, 9.17) is 9.47 Å². The largest absolute Gasteiger partial charge is 0.493 e. The molecule has 116 valence electrons. The van der Waals surface area contributed by atoms with Crippen LogP contribution in [-0.4, -0.2) is 7.11 Å². The Morgan fingerprint density at radius 2 is 1.82 bits per heavy atom. The van der Waals surface area contributed by atoms with Crippen LogP contribution in [0.4, 0.5) is 0 Å². The molecule has 0 aliphatic carbocycles. The number of allylic oxidation sites excluding steroid dienone is 2. The van der Waals surface area contributed by atoms with Crippen molar-refractivity contribution >= 4 is 0 Å². The van der Waals surface area contributed by atoms with Crippen molar-refractivity contribution in [1.29, 1.82) is 0 Å². The van der Waals surface area contributed by atoms with Crippen LogP contribution in [0.25, 0.3) is 0 Å². The number of benzene rings is 1. The van der Waals surface area contributed by atoms with Crippen LogP contribution in [-0.2, 0) is 16.1 Å². The first-order chi connectivity index (χ1) is 10.3. The van der Waals surface area contributed by atoms with Crippen molar-refractivity contribution in [2.24, 2.45) is 5.41 Å². The summed E-state index contributed by atoms with van der Waals surface area (Å²) in [5.74, 6) is 7.16. The Balaban J connectivity index is 2.83. The Hall–Kier alpha value is -2.40. The van der Waals surface area contributed by atoms with E-state index in [1.165, 1.54) is 0 Å². The lowest BCUT2D eigenvalue weighted by atomic mass is 9.97. The second-order valence-corrected chi connectivity index (χ2v) is 5.94. The maximum atomic E-state index is 5.79. The first kappa shape index (κ1) is 17.7. The highest BCUT2D eigenvalue weighted by atomic mass is 16.5. The minimum Gasteiger partial charge on any atom is -0.493 e. The lowest BCUT2D eigenvalue weighted by molar-refractivity contribution is 0.167. The van der Waals surface area contributed by atoms with E-state index < -0.39 is 0 Å². The Bertz CT molecular complexity index is 605. The molecule has 0 amide bonds. The Labute approximate surface area is 134 Å². The molecule has 0 aliphatic rings. The zero-order valence-corrected chi connectivity index (χ0v) is 13.9. The molecule has 1 aromatic carbocycles. The molecule has 0 atom stereocenters. The average Bonchev–Trinajstić information content (AvgIpc) is 2.49. The van der Waals surface area contributed by atoms with Crippen LogP contribution < -0.4 is 0 Å². The minimum atomic E-state index is -0.0693. The topological polar surface area (TPSA) is 18.5 Å². The molecular weight excluding hydrogens is 272 g/mol. The minimum absolute atomic E-state index is 0.0693. The number of hydrogen-bond donors (Lipinski definition) is 0. The van der Waals surface area contributed by atoms with Gasteiger partial charge >= 0.3 is 0 Å². The smallest absolute Gasteiger partial charge is 0.162 e. The number of rotatable bonds is 6. The molecule has 0 spiro atoms. The molecule has 0 N–H and O–H groups in total. The van der Waals surface area contributed by atoms with E-state index >= 15 is 0 Å². The van der Waals surface area contributed by atoms with Gasteiger partial charge in [-0.15, -0.1) is 0 Å². The molecule has 22 heavy (non-hydrogen) atoms. The molecule has 0 aliphatic heterocycles. The molecular formula is C20H24O2. The third-order valence-corrected chi connectivity index (χ3v) is 2.66. The van der Waals surface area contributed by atoms with E-state index in [2.05, 4.69) is 45.8 Å². The molecule has 0 saturated carbocycles. The summed E-state index contributed by atoms with van der Waals surface area (Å²) in [6.45, 7) is 14.4. The molecule has 1 rings (SSSR count). The van der Waals surface area contributed by atoms with Crippen LogP contribution in [0.1, 0.15) is 26.3 Å². The van der Waals surface area contributed by atoms with Crippen LogP contribution in [0.3, 0.4) is 0 Å². The highest BCUT2D eigenvalue weighted by Gasteiger charge is 2.07. The summed E-state index contributed by atoms with van der Waals surface area (Å²) in [4.78, 5) is 0. The maximum Gasteiger partial charge on any atom is 0.162 e. The molecule has 2 nitrogen and oxygen atoms in total. The molecule has 0 saturated heterocycles. The van der Waals surface area contributed by atoms with E-state index in [1.807, 2.05) is 30.3 Å². The van der Waals surface area contributed by atoms with E-state index in [1.54, 1.807) is 13.2 Å². The van der Waals surface area contributed by atoms with Gasteiger partial charge in [0.2, 0.25) is 0 Å². The van der Waals surface area contributed by atoms with Gasteiger partial charge in [0.25, 0.3) is 0 Å². The van der Waals surface area contributed by atoms with Crippen LogP contribution in [0, 0.1) is 17.3 Å². The highest BCUT2D eigenvalue weighted by Crippen LogP contribution is 2.16.